The summed E-state index contributed by atoms with van der Waals surface area (Å²) < 4.78 is 0.659. The van der Waals surface area contributed by atoms with Crippen LogP contribution in [0, 0.1) is 6.92 Å². The number of amides is 1. The van der Waals surface area contributed by atoms with Crippen molar-refractivity contribution in [1.82, 2.24) is 4.90 Å². The summed E-state index contributed by atoms with van der Waals surface area (Å²) in [5.74, 6) is 0.0296. The van der Waals surface area contributed by atoms with E-state index in [0.29, 0.717) is 10.9 Å². The summed E-state index contributed by atoms with van der Waals surface area (Å²) in [6.07, 6.45) is 5.87. The molecule has 0 spiro atoms. The maximum Gasteiger partial charge on any atom is 0.266 e. The Morgan fingerprint density at radius 3 is 2.61 bits per heavy atom. The molecule has 1 aromatic rings. The summed E-state index contributed by atoms with van der Waals surface area (Å²) in [7, 11) is 0. The van der Waals surface area contributed by atoms with Crippen LogP contribution in [-0.4, -0.2) is 34.8 Å². The third-order valence-corrected chi connectivity index (χ3v) is 5.83. The molecule has 2 fully saturated rings. The largest absolute Gasteiger partial charge is 0.372 e. The zero-order chi connectivity index (χ0) is 16.4. The Morgan fingerprint density at radius 1 is 1.26 bits per heavy atom. The monoisotopic (exact) mass is 346 g/mol. The van der Waals surface area contributed by atoms with Gasteiger partial charge in [0.05, 0.1) is 4.91 Å². The Kier molecular flexibility index (Phi) is 5.07. The van der Waals surface area contributed by atoms with Crippen LogP contribution in [0.4, 0.5) is 5.69 Å². The number of benzene rings is 1. The zero-order valence-electron chi connectivity index (χ0n) is 13.7. The van der Waals surface area contributed by atoms with Gasteiger partial charge < -0.3 is 4.90 Å². The summed E-state index contributed by atoms with van der Waals surface area (Å²) in [6.45, 7) is 6.99. The van der Waals surface area contributed by atoms with Crippen molar-refractivity contribution in [2.24, 2.45) is 0 Å². The molecule has 3 nitrogen and oxygen atoms in total. The highest BCUT2D eigenvalue weighted by molar-refractivity contribution is 8.26. The second-order valence-electron chi connectivity index (χ2n) is 6.01. The number of hydrogen-bond acceptors (Lipinski definition) is 4. The fourth-order valence-corrected chi connectivity index (χ4v) is 4.46. The van der Waals surface area contributed by atoms with Crippen molar-refractivity contribution < 1.29 is 4.79 Å². The molecule has 0 saturated carbocycles. The minimum Gasteiger partial charge on any atom is -0.372 e. The van der Waals surface area contributed by atoms with Crippen molar-refractivity contribution in [1.29, 1.82) is 0 Å². The molecule has 0 N–H and O–H groups in total. The van der Waals surface area contributed by atoms with E-state index < -0.39 is 0 Å². The van der Waals surface area contributed by atoms with Crippen LogP contribution in [-0.2, 0) is 4.79 Å². The van der Waals surface area contributed by atoms with Crippen LogP contribution in [0.15, 0.2) is 23.1 Å². The van der Waals surface area contributed by atoms with Gasteiger partial charge in [-0.15, -0.1) is 0 Å². The molecule has 0 aliphatic carbocycles. The van der Waals surface area contributed by atoms with Crippen molar-refractivity contribution in [2.45, 2.75) is 33.1 Å². The minimum absolute atomic E-state index is 0.0296. The molecule has 5 heteroatoms. The van der Waals surface area contributed by atoms with Gasteiger partial charge in [0.15, 0.2) is 0 Å². The van der Waals surface area contributed by atoms with Crippen LogP contribution in [0.25, 0.3) is 6.08 Å². The summed E-state index contributed by atoms with van der Waals surface area (Å²) >= 11 is 6.67. The second-order valence-corrected chi connectivity index (χ2v) is 7.69. The lowest BCUT2D eigenvalue weighted by atomic mass is 10.0. The van der Waals surface area contributed by atoms with Crippen molar-refractivity contribution in [3.63, 3.8) is 0 Å². The van der Waals surface area contributed by atoms with Gasteiger partial charge in [-0.25, -0.2) is 0 Å². The van der Waals surface area contributed by atoms with Gasteiger partial charge in [0.25, 0.3) is 5.91 Å². The molecular weight excluding hydrogens is 324 g/mol. The number of thiocarbonyl (C=S) groups is 1. The molecule has 2 aliphatic heterocycles. The van der Waals surface area contributed by atoms with Crippen molar-refractivity contribution in [3.8, 4) is 0 Å². The lowest BCUT2D eigenvalue weighted by molar-refractivity contribution is -0.121. The first-order chi connectivity index (χ1) is 11.1. The molecule has 0 unspecified atom stereocenters. The van der Waals surface area contributed by atoms with Gasteiger partial charge in [-0.3, -0.25) is 9.69 Å². The van der Waals surface area contributed by atoms with E-state index in [1.54, 1.807) is 4.90 Å². The Bertz CT molecular complexity index is 663. The maximum absolute atomic E-state index is 12.3. The smallest absolute Gasteiger partial charge is 0.266 e. The molecule has 23 heavy (non-hydrogen) atoms. The van der Waals surface area contributed by atoms with Gasteiger partial charge in [0, 0.05) is 25.3 Å². The number of rotatable bonds is 3. The molecule has 2 saturated heterocycles. The van der Waals surface area contributed by atoms with Crippen LogP contribution in [0.2, 0.25) is 0 Å². The SMILES string of the molecule is CCN1C(=O)/C(=C/c2ccc(N3CCCCC3)cc2C)SC1=S. The van der Waals surface area contributed by atoms with Crippen molar-refractivity contribution in [2.75, 3.05) is 24.5 Å². The Balaban J connectivity index is 1.82. The average molecular weight is 347 g/mol. The van der Waals surface area contributed by atoms with Crippen LogP contribution in [0.5, 0.6) is 0 Å². The first kappa shape index (κ1) is 16.5. The molecule has 3 rings (SSSR count). The van der Waals surface area contributed by atoms with Crippen LogP contribution in [0.3, 0.4) is 0 Å². The van der Waals surface area contributed by atoms with Gasteiger partial charge in [-0.2, -0.15) is 0 Å². The quantitative estimate of drug-likeness (QED) is 0.604. The normalized spacial score (nSPS) is 20.7. The summed E-state index contributed by atoms with van der Waals surface area (Å²) in [4.78, 5) is 17.2. The van der Waals surface area contributed by atoms with Gasteiger partial charge >= 0.3 is 0 Å². The molecule has 2 heterocycles. The van der Waals surface area contributed by atoms with E-state index in [9.17, 15) is 4.79 Å². The van der Waals surface area contributed by atoms with E-state index in [4.69, 9.17) is 12.2 Å². The van der Waals surface area contributed by atoms with Gasteiger partial charge in [0.1, 0.15) is 4.32 Å². The first-order valence-electron chi connectivity index (χ1n) is 8.21. The van der Waals surface area contributed by atoms with Crippen molar-refractivity contribution >= 4 is 46.0 Å². The van der Waals surface area contributed by atoms with E-state index >= 15 is 0 Å². The van der Waals surface area contributed by atoms with E-state index in [1.807, 2.05) is 13.0 Å². The summed E-state index contributed by atoms with van der Waals surface area (Å²) in [5, 5.41) is 0. The maximum atomic E-state index is 12.3. The molecule has 0 aromatic heterocycles. The van der Waals surface area contributed by atoms with Gasteiger partial charge in [0.2, 0.25) is 0 Å². The van der Waals surface area contributed by atoms with E-state index in [1.165, 1.54) is 42.3 Å². The average Bonchev–Trinajstić information content (AvgIpc) is 2.83. The summed E-state index contributed by atoms with van der Waals surface area (Å²) in [6, 6.07) is 6.53. The van der Waals surface area contributed by atoms with E-state index in [-0.39, 0.29) is 5.91 Å². The number of anilines is 1. The van der Waals surface area contributed by atoms with E-state index in [2.05, 4.69) is 30.0 Å². The number of likely N-dealkylation sites (N-methyl/N-ethyl adjacent to an activating group) is 1. The third-order valence-electron chi connectivity index (χ3n) is 4.45. The predicted molar refractivity (Wildman–Crippen MR) is 103 cm³/mol. The third kappa shape index (κ3) is 3.45. The lowest BCUT2D eigenvalue weighted by Gasteiger charge is -2.29. The lowest BCUT2D eigenvalue weighted by Crippen LogP contribution is -2.29. The molecule has 1 amide bonds. The predicted octanol–water partition coefficient (Wildman–Crippen LogP) is 4.21. The minimum atomic E-state index is 0.0296. The van der Waals surface area contributed by atoms with Crippen LogP contribution >= 0.6 is 24.0 Å². The molecule has 0 atom stereocenters. The number of carbonyl (C=O) groups is 1. The fraction of sp³-hybridized carbons (Fsp3) is 0.444. The number of piperidine rings is 1. The number of hydrogen-bond donors (Lipinski definition) is 0. The fourth-order valence-electron chi connectivity index (χ4n) is 3.08. The molecule has 0 bridgehead atoms. The molecule has 1 aromatic carbocycles. The second kappa shape index (κ2) is 7.05. The number of thioether (sulfide) groups is 1. The highest BCUT2D eigenvalue weighted by Gasteiger charge is 2.30. The molecular formula is C18H22N2OS2. The molecule has 122 valence electrons. The topological polar surface area (TPSA) is 23.6 Å². The Morgan fingerprint density at radius 2 is 2.00 bits per heavy atom. The van der Waals surface area contributed by atoms with Gasteiger partial charge in [-0.05, 0) is 62.4 Å². The van der Waals surface area contributed by atoms with E-state index in [0.717, 1.165) is 23.6 Å². The zero-order valence-corrected chi connectivity index (χ0v) is 15.3. The van der Waals surface area contributed by atoms with Crippen LogP contribution < -0.4 is 4.90 Å². The number of nitrogens with zero attached hydrogens (tertiary/aromatic N) is 2. The molecule has 0 radical (unpaired) electrons. The Labute approximate surface area is 147 Å². The number of carbonyl (C=O) groups excluding carboxylic acids is 1. The standard InChI is InChI=1S/C18H22N2OS2/c1-3-20-17(21)16(23-18(20)22)12-14-7-8-15(11-13(14)2)19-9-5-4-6-10-19/h7-8,11-12H,3-6,9-10H2,1-2H3/b16-12-. The van der Waals surface area contributed by atoms with Crippen LogP contribution in [0.1, 0.15) is 37.3 Å². The highest BCUT2D eigenvalue weighted by Crippen LogP contribution is 2.33. The van der Waals surface area contributed by atoms with Crippen molar-refractivity contribution in [3.05, 3.63) is 34.2 Å². The first-order valence-corrected chi connectivity index (χ1v) is 9.43. The highest BCUT2D eigenvalue weighted by atomic mass is 32.2. The van der Waals surface area contributed by atoms with Gasteiger partial charge in [-0.1, -0.05) is 30.0 Å². The Hall–Kier alpha value is -1.33. The summed E-state index contributed by atoms with van der Waals surface area (Å²) in [5.41, 5.74) is 3.60. The number of aryl methyl sites for hydroxylation is 1. The molecule has 2 aliphatic rings.